The van der Waals surface area contributed by atoms with Crippen LogP contribution in [0.4, 0.5) is 0 Å². The van der Waals surface area contributed by atoms with E-state index in [4.69, 9.17) is 9.68 Å². The maximum absolute atomic E-state index is 12.6. The predicted octanol–water partition coefficient (Wildman–Crippen LogP) is 2.77. The number of hydrogen-bond acceptors (Lipinski definition) is 6. The molecule has 0 atom stereocenters. The molecule has 2 saturated heterocycles. The van der Waals surface area contributed by atoms with Crippen molar-refractivity contribution in [2.24, 2.45) is 0 Å². The van der Waals surface area contributed by atoms with Crippen LogP contribution in [0.3, 0.4) is 0 Å². The van der Waals surface area contributed by atoms with Crippen LogP contribution in [-0.2, 0) is 19.3 Å². The summed E-state index contributed by atoms with van der Waals surface area (Å²) in [5, 5.41) is 10.2. The van der Waals surface area contributed by atoms with Crippen molar-refractivity contribution in [3.8, 4) is 0 Å². The lowest BCUT2D eigenvalue weighted by molar-refractivity contribution is -0.267. The molecule has 2 N–H and O–H groups in total. The van der Waals surface area contributed by atoms with Crippen molar-refractivity contribution in [1.29, 1.82) is 0 Å². The van der Waals surface area contributed by atoms with Crippen molar-refractivity contribution in [1.82, 2.24) is 20.8 Å². The van der Waals surface area contributed by atoms with Crippen molar-refractivity contribution >= 4 is 11.8 Å². The molecule has 0 aromatic carbocycles. The molecule has 2 heterocycles. The van der Waals surface area contributed by atoms with Crippen molar-refractivity contribution in [3.63, 3.8) is 0 Å². The van der Waals surface area contributed by atoms with Gasteiger partial charge in [0, 0.05) is 34.2 Å². The zero-order chi connectivity index (χ0) is 23.8. The fourth-order valence-electron chi connectivity index (χ4n) is 6.42. The average molecular weight is 441 g/mol. The lowest BCUT2D eigenvalue weighted by Crippen LogP contribution is -2.64. The summed E-state index contributed by atoms with van der Waals surface area (Å²) in [6, 6.07) is -0.000910. The number of amides is 2. The Balaban J connectivity index is 1.93. The number of rotatable bonds is 6. The van der Waals surface area contributed by atoms with E-state index in [1.54, 1.807) is 14.2 Å². The summed E-state index contributed by atoms with van der Waals surface area (Å²) in [6.07, 6.45) is 2.88. The van der Waals surface area contributed by atoms with Crippen LogP contribution in [-0.4, -0.2) is 70.4 Å². The van der Waals surface area contributed by atoms with E-state index in [1.807, 2.05) is 10.1 Å². The Morgan fingerprint density at radius 2 is 0.935 bits per heavy atom. The lowest BCUT2D eigenvalue weighted by atomic mass is 9.78. The smallest absolute Gasteiger partial charge is 0.229 e. The summed E-state index contributed by atoms with van der Waals surface area (Å²) < 4.78 is 0. The third-order valence-electron chi connectivity index (χ3n) is 6.60. The Bertz CT molecular complexity index is 582. The summed E-state index contributed by atoms with van der Waals surface area (Å²) in [5.41, 5.74) is -0.876. The van der Waals surface area contributed by atoms with Crippen molar-refractivity contribution in [3.05, 3.63) is 0 Å². The summed E-state index contributed by atoms with van der Waals surface area (Å²) in [7, 11) is 3.37. The highest BCUT2D eigenvalue weighted by Gasteiger charge is 2.47. The van der Waals surface area contributed by atoms with Crippen LogP contribution in [0.25, 0.3) is 0 Å². The molecule has 2 fully saturated rings. The number of hydrogen-bond donors (Lipinski definition) is 2. The Kier molecular flexibility index (Phi) is 7.53. The van der Waals surface area contributed by atoms with Crippen LogP contribution < -0.4 is 10.6 Å². The van der Waals surface area contributed by atoms with Gasteiger partial charge in [0.15, 0.2) is 0 Å². The van der Waals surface area contributed by atoms with Gasteiger partial charge in [0.05, 0.1) is 14.2 Å². The van der Waals surface area contributed by atoms with E-state index in [9.17, 15) is 9.59 Å². The van der Waals surface area contributed by atoms with Gasteiger partial charge in [0.25, 0.3) is 0 Å². The molecule has 0 radical (unpaired) electrons. The Hall–Kier alpha value is -1.22. The molecule has 2 amide bonds. The van der Waals surface area contributed by atoms with E-state index in [-0.39, 0.29) is 52.5 Å². The minimum atomic E-state index is -0.229. The van der Waals surface area contributed by atoms with Gasteiger partial charge >= 0.3 is 0 Å². The Morgan fingerprint density at radius 1 is 0.677 bits per heavy atom. The molecule has 0 unspecified atom stereocenters. The quantitative estimate of drug-likeness (QED) is 0.618. The van der Waals surface area contributed by atoms with Gasteiger partial charge in [-0.05, 0) is 81.1 Å². The van der Waals surface area contributed by atoms with Gasteiger partial charge in [-0.1, -0.05) is 0 Å². The molecular formula is C23H44N4O4. The highest BCUT2D eigenvalue weighted by atomic mass is 16.7. The van der Waals surface area contributed by atoms with E-state index in [2.05, 4.69) is 66.0 Å². The van der Waals surface area contributed by atoms with Gasteiger partial charge in [-0.3, -0.25) is 9.59 Å². The molecule has 0 bridgehead atoms. The summed E-state index contributed by atoms with van der Waals surface area (Å²) in [5.74, 6) is -0.458. The van der Waals surface area contributed by atoms with E-state index in [0.717, 1.165) is 25.7 Å². The Morgan fingerprint density at radius 3 is 1.16 bits per heavy atom. The van der Waals surface area contributed by atoms with Crippen LogP contribution in [0.5, 0.6) is 0 Å². The van der Waals surface area contributed by atoms with Crippen LogP contribution in [0.2, 0.25) is 0 Å². The highest BCUT2D eigenvalue weighted by Crippen LogP contribution is 2.39. The molecule has 8 nitrogen and oxygen atoms in total. The Labute approximate surface area is 188 Å². The van der Waals surface area contributed by atoms with Crippen LogP contribution >= 0.6 is 0 Å². The molecule has 0 aromatic heterocycles. The molecule has 31 heavy (non-hydrogen) atoms. The van der Waals surface area contributed by atoms with E-state index in [0.29, 0.717) is 0 Å². The number of piperidine rings is 2. The number of hydroxylamine groups is 4. The van der Waals surface area contributed by atoms with Gasteiger partial charge in [-0.25, -0.2) is 0 Å². The normalized spacial score (nSPS) is 26.4. The molecule has 2 aliphatic heterocycles. The zero-order valence-electron chi connectivity index (χ0n) is 21.2. The first-order valence-electron chi connectivity index (χ1n) is 11.3. The van der Waals surface area contributed by atoms with E-state index in [1.165, 1.54) is 0 Å². The van der Waals surface area contributed by atoms with Crippen LogP contribution in [0.1, 0.15) is 87.5 Å². The first-order chi connectivity index (χ1) is 14.0. The van der Waals surface area contributed by atoms with Gasteiger partial charge in [-0.15, -0.1) is 0 Å². The maximum atomic E-state index is 12.6. The second-order valence-electron chi connectivity index (χ2n) is 11.7. The lowest BCUT2D eigenvalue weighted by Gasteiger charge is -2.53. The summed E-state index contributed by atoms with van der Waals surface area (Å²) in [6.45, 7) is 16.9. The third kappa shape index (κ3) is 5.97. The zero-order valence-corrected chi connectivity index (χ0v) is 21.2. The fraction of sp³-hybridized carbons (Fsp3) is 0.913. The number of carbonyl (C=O) groups excluding carboxylic acids is 2. The average Bonchev–Trinajstić information content (AvgIpc) is 2.49. The molecule has 0 spiro atoms. The fourth-order valence-corrected chi connectivity index (χ4v) is 6.42. The van der Waals surface area contributed by atoms with Crippen LogP contribution in [0.15, 0.2) is 0 Å². The van der Waals surface area contributed by atoms with E-state index < -0.39 is 0 Å². The van der Waals surface area contributed by atoms with Crippen molar-refractivity contribution < 1.29 is 19.3 Å². The first-order valence-corrected chi connectivity index (χ1v) is 11.3. The second kappa shape index (κ2) is 8.96. The standard InChI is InChI=1S/C23H44N4O4/c1-20(2)12-16(13-21(3,4)26(20)30-9)24-18(28)11-19(29)25-17-14-22(5,6)27(31-10)23(7,8)15-17/h16-17H,11-15H2,1-10H3,(H,24,28)(H,25,29). The van der Waals surface area contributed by atoms with Gasteiger partial charge in [0.1, 0.15) is 6.42 Å². The first kappa shape index (κ1) is 26.0. The molecule has 8 heteroatoms. The van der Waals surface area contributed by atoms with Crippen molar-refractivity contribution in [2.75, 3.05) is 14.2 Å². The van der Waals surface area contributed by atoms with Crippen LogP contribution in [0, 0.1) is 0 Å². The molecule has 180 valence electrons. The minimum Gasteiger partial charge on any atom is -0.353 e. The molecule has 0 saturated carbocycles. The van der Waals surface area contributed by atoms with Crippen molar-refractivity contribution in [2.45, 2.75) is 122 Å². The monoisotopic (exact) mass is 440 g/mol. The molecule has 0 aliphatic carbocycles. The molecule has 0 aromatic rings. The topological polar surface area (TPSA) is 83.1 Å². The molecular weight excluding hydrogens is 396 g/mol. The summed E-state index contributed by atoms with van der Waals surface area (Å²) >= 11 is 0. The van der Waals surface area contributed by atoms with Gasteiger partial charge in [-0.2, -0.15) is 10.1 Å². The number of nitrogens with zero attached hydrogens (tertiary/aromatic N) is 2. The SMILES string of the molecule is CON1C(C)(C)CC(NC(=O)CC(=O)NC2CC(C)(C)N(OC)C(C)(C)C2)CC1(C)C. The van der Waals surface area contributed by atoms with E-state index >= 15 is 0 Å². The van der Waals surface area contributed by atoms with Gasteiger partial charge < -0.3 is 20.3 Å². The summed E-state index contributed by atoms with van der Waals surface area (Å²) in [4.78, 5) is 36.5. The van der Waals surface area contributed by atoms with Gasteiger partial charge in [0.2, 0.25) is 11.8 Å². The maximum Gasteiger partial charge on any atom is 0.229 e. The highest BCUT2D eigenvalue weighted by molar-refractivity contribution is 5.97. The largest absolute Gasteiger partial charge is 0.353 e. The molecule has 2 rings (SSSR count). The molecule has 2 aliphatic rings. The second-order valence-corrected chi connectivity index (χ2v) is 11.7. The minimum absolute atomic E-state index is 0.000455. The third-order valence-corrected chi connectivity index (χ3v) is 6.60. The number of nitrogens with one attached hydrogen (secondary N) is 2. The number of carbonyl (C=O) groups is 2. The predicted molar refractivity (Wildman–Crippen MR) is 121 cm³/mol.